The topological polar surface area (TPSA) is 162 Å². The van der Waals surface area contributed by atoms with Gasteiger partial charge in [-0.3, -0.25) is 14.9 Å². The number of nitrogens with zero attached hydrogens (tertiary/aromatic N) is 2. The molecule has 2 rings (SSSR count). The second kappa shape index (κ2) is 8.83. The fourth-order valence-corrected chi connectivity index (χ4v) is 3.39. The van der Waals surface area contributed by atoms with Gasteiger partial charge in [-0.2, -0.15) is 0 Å². The summed E-state index contributed by atoms with van der Waals surface area (Å²) >= 11 is 0. The molecule has 0 radical (unpaired) electrons. The van der Waals surface area contributed by atoms with E-state index in [-0.39, 0.29) is 47.3 Å². The van der Waals surface area contributed by atoms with E-state index in [0.717, 1.165) is 12.5 Å². The average Bonchev–Trinajstić information content (AvgIpc) is 2.97. The molecule has 0 spiro atoms. The van der Waals surface area contributed by atoms with Gasteiger partial charge in [0.05, 0.1) is 9.82 Å². The zero-order chi connectivity index (χ0) is 19.5. The number of nitro groups is 1. The van der Waals surface area contributed by atoms with Crippen molar-refractivity contribution in [3.8, 4) is 0 Å². The lowest BCUT2D eigenvalue weighted by molar-refractivity contribution is -0.384. The molecule has 1 unspecified atom stereocenters. The Hall–Kier alpha value is -1.95. The molecule has 1 aliphatic rings. The van der Waals surface area contributed by atoms with Crippen molar-refractivity contribution in [1.29, 1.82) is 0 Å². The van der Waals surface area contributed by atoms with E-state index in [9.17, 15) is 23.3 Å². The van der Waals surface area contributed by atoms with Crippen LogP contribution in [0.3, 0.4) is 0 Å². The Labute approximate surface area is 163 Å². The summed E-state index contributed by atoms with van der Waals surface area (Å²) in [7, 11) is -4.04. The van der Waals surface area contributed by atoms with Crippen LogP contribution in [0.5, 0.6) is 0 Å². The van der Waals surface area contributed by atoms with E-state index < -0.39 is 20.6 Å². The molecule has 1 aliphatic heterocycles. The molecule has 5 N–H and O–H groups in total. The number of rotatable bonds is 7. The van der Waals surface area contributed by atoms with Crippen molar-refractivity contribution in [2.24, 2.45) is 16.3 Å². The minimum atomic E-state index is -4.04. The molecule has 152 valence electrons. The Morgan fingerprint density at radius 1 is 1.44 bits per heavy atom. The van der Waals surface area contributed by atoms with Crippen molar-refractivity contribution >= 4 is 39.7 Å². The van der Waals surface area contributed by atoms with E-state index >= 15 is 0 Å². The second-order valence-electron chi connectivity index (χ2n) is 6.74. The van der Waals surface area contributed by atoms with Crippen molar-refractivity contribution in [3.63, 3.8) is 0 Å². The number of sulfonamides is 1. The highest BCUT2D eigenvalue weighted by molar-refractivity contribution is 7.89. The average molecular weight is 422 g/mol. The number of primary sulfonamides is 1. The first-order valence-corrected chi connectivity index (χ1v) is 9.63. The number of halogens is 1. The molecule has 0 aliphatic carbocycles. The van der Waals surface area contributed by atoms with E-state index in [1.165, 1.54) is 12.1 Å². The molecular formula is C15H24ClN5O5S. The van der Waals surface area contributed by atoms with E-state index in [0.29, 0.717) is 19.6 Å². The zero-order valence-electron chi connectivity index (χ0n) is 14.9. The van der Waals surface area contributed by atoms with Gasteiger partial charge in [-0.25, -0.2) is 13.6 Å². The van der Waals surface area contributed by atoms with E-state index in [4.69, 9.17) is 10.9 Å². The minimum Gasteiger partial charge on any atom is -0.379 e. The predicted molar refractivity (Wildman–Crippen MR) is 103 cm³/mol. The number of nitro benzene ring substituents is 1. The molecule has 12 heteroatoms. The highest BCUT2D eigenvalue weighted by Crippen LogP contribution is 2.29. The summed E-state index contributed by atoms with van der Waals surface area (Å²) in [4.78, 5) is 24.1. The first kappa shape index (κ1) is 23.1. The molecule has 1 saturated heterocycles. The molecule has 1 aromatic rings. The van der Waals surface area contributed by atoms with Crippen molar-refractivity contribution in [2.75, 3.05) is 31.5 Å². The number of nitrogens with two attached hydrogens (primary N) is 2. The van der Waals surface area contributed by atoms with Gasteiger partial charge < -0.3 is 16.0 Å². The van der Waals surface area contributed by atoms with Crippen molar-refractivity contribution in [1.82, 2.24) is 4.90 Å². The smallest absolute Gasteiger partial charge is 0.293 e. The number of anilines is 1. The summed E-state index contributed by atoms with van der Waals surface area (Å²) in [6.07, 6.45) is 1.01. The summed E-state index contributed by atoms with van der Waals surface area (Å²) in [6.45, 7) is 3.98. The number of benzene rings is 1. The van der Waals surface area contributed by atoms with Crippen LogP contribution in [-0.2, 0) is 14.8 Å². The fourth-order valence-electron chi connectivity index (χ4n) is 2.85. The molecular weight excluding hydrogens is 398 g/mol. The summed E-state index contributed by atoms with van der Waals surface area (Å²) < 4.78 is 22.6. The van der Waals surface area contributed by atoms with Gasteiger partial charge in [0.15, 0.2) is 0 Å². The Balaban J connectivity index is 0.00000364. The number of likely N-dealkylation sites (tertiary alicyclic amines) is 1. The lowest BCUT2D eigenvalue weighted by atomic mass is 9.90. The van der Waals surface area contributed by atoms with Gasteiger partial charge in [-0.1, -0.05) is 6.92 Å². The monoisotopic (exact) mass is 421 g/mol. The normalized spacial score (nSPS) is 19.4. The molecule has 1 atom stereocenters. The highest BCUT2D eigenvalue weighted by atomic mass is 35.5. The van der Waals surface area contributed by atoms with Gasteiger partial charge in [0, 0.05) is 32.1 Å². The molecule has 1 aromatic carbocycles. The van der Waals surface area contributed by atoms with Crippen LogP contribution in [-0.4, -0.2) is 50.3 Å². The summed E-state index contributed by atoms with van der Waals surface area (Å²) in [5.41, 5.74) is 5.38. The van der Waals surface area contributed by atoms with Crippen LogP contribution in [0.4, 0.5) is 11.4 Å². The molecule has 27 heavy (non-hydrogen) atoms. The number of carbonyl (C=O) groups excluding carboxylic acids is 1. The third-order valence-electron chi connectivity index (χ3n) is 4.55. The van der Waals surface area contributed by atoms with Crippen LogP contribution < -0.4 is 16.2 Å². The number of hydrogen-bond donors (Lipinski definition) is 3. The van der Waals surface area contributed by atoms with Crippen LogP contribution in [0, 0.1) is 15.5 Å². The maximum absolute atomic E-state index is 12.3. The maximum atomic E-state index is 12.3. The van der Waals surface area contributed by atoms with Crippen LogP contribution in [0.25, 0.3) is 0 Å². The quantitative estimate of drug-likeness (QED) is 0.430. The van der Waals surface area contributed by atoms with Crippen molar-refractivity contribution < 1.29 is 18.1 Å². The first-order chi connectivity index (χ1) is 12.1. The lowest BCUT2D eigenvalue weighted by Crippen LogP contribution is -2.35. The minimum absolute atomic E-state index is 0. The number of amides is 1. The summed E-state index contributed by atoms with van der Waals surface area (Å²) in [6, 6.07) is 3.34. The number of carbonyl (C=O) groups is 1. The molecule has 1 fully saturated rings. The highest BCUT2D eigenvalue weighted by Gasteiger charge is 2.34. The lowest BCUT2D eigenvalue weighted by Gasteiger charge is -2.22. The van der Waals surface area contributed by atoms with Crippen LogP contribution >= 0.6 is 12.4 Å². The van der Waals surface area contributed by atoms with Gasteiger partial charge in [-0.15, -0.1) is 12.4 Å². The third kappa shape index (κ3) is 5.76. The van der Waals surface area contributed by atoms with Gasteiger partial charge in [-0.05, 0) is 30.5 Å². The SMILES string of the molecule is CC1(CN)CCN(C(=O)CCNc2ccc(S(N)(=O)=O)cc2[N+](=O)[O-])C1.Cl. The molecule has 0 bridgehead atoms. The number of hydrogen-bond acceptors (Lipinski definition) is 7. The number of nitrogens with one attached hydrogen (secondary N) is 1. The van der Waals surface area contributed by atoms with E-state index in [1.54, 1.807) is 4.90 Å². The molecule has 0 saturated carbocycles. The van der Waals surface area contributed by atoms with Gasteiger partial charge in [0.1, 0.15) is 5.69 Å². The summed E-state index contributed by atoms with van der Waals surface area (Å²) in [5.74, 6) is -0.0570. The summed E-state index contributed by atoms with van der Waals surface area (Å²) in [5, 5.41) is 19.0. The Morgan fingerprint density at radius 2 is 2.11 bits per heavy atom. The van der Waals surface area contributed by atoms with E-state index in [2.05, 4.69) is 5.32 Å². The zero-order valence-corrected chi connectivity index (χ0v) is 16.5. The van der Waals surface area contributed by atoms with Crippen molar-refractivity contribution in [2.45, 2.75) is 24.7 Å². The van der Waals surface area contributed by atoms with Crippen molar-refractivity contribution in [3.05, 3.63) is 28.3 Å². The Kier molecular flexibility index (Phi) is 7.55. The van der Waals surface area contributed by atoms with E-state index in [1.807, 2.05) is 6.92 Å². The Morgan fingerprint density at radius 3 is 2.63 bits per heavy atom. The Bertz CT molecular complexity index is 819. The first-order valence-electron chi connectivity index (χ1n) is 8.09. The van der Waals surface area contributed by atoms with Gasteiger partial charge >= 0.3 is 0 Å². The van der Waals surface area contributed by atoms with Crippen LogP contribution in [0.1, 0.15) is 19.8 Å². The van der Waals surface area contributed by atoms with Crippen LogP contribution in [0.15, 0.2) is 23.1 Å². The predicted octanol–water partition coefficient (Wildman–Crippen LogP) is 0.663. The third-order valence-corrected chi connectivity index (χ3v) is 5.46. The molecule has 10 nitrogen and oxygen atoms in total. The van der Waals surface area contributed by atoms with Crippen LogP contribution in [0.2, 0.25) is 0 Å². The molecule has 1 amide bonds. The fraction of sp³-hybridized carbons (Fsp3) is 0.533. The van der Waals surface area contributed by atoms with Gasteiger partial charge in [0.25, 0.3) is 5.69 Å². The maximum Gasteiger partial charge on any atom is 0.293 e. The largest absolute Gasteiger partial charge is 0.379 e. The molecule has 1 heterocycles. The molecule has 0 aromatic heterocycles. The van der Waals surface area contributed by atoms with Gasteiger partial charge in [0.2, 0.25) is 15.9 Å². The second-order valence-corrected chi connectivity index (χ2v) is 8.30. The standard InChI is InChI=1S/C15H23N5O5S.ClH/c1-15(9-16)5-7-19(10-15)14(21)4-6-18-12-3-2-11(26(17,24)25)8-13(12)20(22)23;/h2-3,8,18H,4-7,9-10,16H2,1H3,(H2,17,24,25);1H.